The zero-order chi connectivity index (χ0) is 17.3. The average molecular weight is 332 g/mol. The number of hydrogen-bond acceptors (Lipinski definition) is 6. The summed E-state index contributed by atoms with van der Waals surface area (Å²) in [4.78, 5) is 33.9. The van der Waals surface area contributed by atoms with E-state index in [-0.39, 0.29) is 43.6 Å². The number of amides is 2. The summed E-state index contributed by atoms with van der Waals surface area (Å²) in [6, 6.07) is 0. The van der Waals surface area contributed by atoms with Crippen molar-refractivity contribution < 1.29 is 28.6 Å². The molecule has 0 spiro atoms. The number of carbonyl (C=O) groups is 3. The van der Waals surface area contributed by atoms with Gasteiger partial charge in [-0.2, -0.15) is 0 Å². The highest BCUT2D eigenvalue weighted by molar-refractivity contribution is 5.79. The van der Waals surface area contributed by atoms with Crippen molar-refractivity contribution in [1.82, 2.24) is 10.6 Å². The van der Waals surface area contributed by atoms with E-state index < -0.39 is 0 Å². The lowest BCUT2D eigenvalue weighted by molar-refractivity contribution is -0.123. The second-order valence-corrected chi connectivity index (χ2v) is 4.75. The molecule has 0 aromatic heterocycles. The third-order valence-corrected chi connectivity index (χ3v) is 2.81. The molecule has 8 heteroatoms. The Balaban J connectivity index is 3.41. The van der Waals surface area contributed by atoms with Crippen molar-refractivity contribution in [3.05, 3.63) is 0 Å². The van der Waals surface area contributed by atoms with Gasteiger partial charge >= 0.3 is 0 Å². The van der Waals surface area contributed by atoms with Gasteiger partial charge in [0.15, 0.2) is 5.78 Å². The molecule has 0 aliphatic rings. The Morgan fingerprint density at radius 3 is 2.22 bits per heavy atom. The van der Waals surface area contributed by atoms with Gasteiger partial charge in [-0.25, -0.2) is 0 Å². The van der Waals surface area contributed by atoms with Crippen LogP contribution in [0, 0.1) is 0 Å². The summed E-state index contributed by atoms with van der Waals surface area (Å²) in [6.45, 7) is 4.05. The van der Waals surface area contributed by atoms with Crippen molar-refractivity contribution in [1.29, 1.82) is 0 Å². The van der Waals surface area contributed by atoms with E-state index in [4.69, 9.17) is 14.2 Å². The smallest absolute Gasteiger partial charge is 0.222 e. The Labute approximate surface area is 137 Å². The summed E-state index contributed by atoms with van der Waals surface area (Å²) < 4.78 is 15.1. The van der Waals surface area contributed by atoms with E-state index in [1.165, 1.54) is 0 Å². The topological polar surface area (TPSA) is 103 Å². The summed E-state index contributed by atoms with van der Waals surface area (Å²) >= 11 is 0. The van der Waals surface area contributed by atoms with Gasteiger partial charge < -0.3 is 24.8 Å². The molecule has 0 aliphatic heterocycles. The van der Waals surface area contributed by atoms with Crippen molar-refractivity contribution in [2.24, 2.45) is 0 Å². The first-order valence-electron chi connectivity index (χ1n) is 7.79. The molecule has 0 saturated carbocycles. The average Bonchev–Trinajstić information content (AvgIpc) is 2.54. The minimum Gasteiger partial charge on any atom is -0.382 e. The van der Waals surface area contributed by atoms with Crippen LogP contribution in [0.4, 0.5) is 0 Å². The fraction of sp³-hybridized carbons (Fsp3) is 0.800. The molecular weight excluding hydrogens is 304 g/mol. The quantitative estimate of drug-likeness (QED) is 0.398. The SMILES string of the molecule is CCC(=O)COCCNC(=O)CCNC(=O)CCOCCOC. The van der Waals surface area contributed by atoms with Gasteiger partial charge in [0.05, 0.1) is 26.4 Å². The second kappa shape index (κ2) is 15.4. The maximum absolute atomic E-state index is 11.5. The van der Waals surface area contributed by atoms with Crippen LogP contribution >= 0.6 is 0 Å². The van der Waals surface area contributed by atoms with Crippen LogP contribution in [0.1, 0.15) is 26.2 Å². The van der Waals surface area contributed by atoms with E-state index in [1.54, 1.807) is 14.0 Å². The monoisotopic (exact) mass is 332 g/mol. The first kappa shape index (κ1) is 21.5. The third kappa shape index (κ3) is 15.2. The molecule has 2 amide bonds. The summed E-state index contributed by atoms with van der Waals surface area (Å²) in [6.07, 6.45) is 0.901. The van der Waals surface area contributed by atoms with E-state index in [0.29, 0.717) is 39.4 Å². The zero-order valence-electron chi connectivity index (χ0n) is 14.0. The first-order chi connectivity index (χ1) is 11.1. The molecule has 2 N–H and O–H groups in total. The molecule has 0 saturated heterocycles. The summed E-state index contributed by atoms with van der Waals surface area (Å²) in [5, 5.41) is 5.29. The Morgan fingerprint density at radius 2 is 1.52 bits per heavy atom. The van der Waals surface area contributed by atoms with Gasteiger partial charge in [-0.1, -0.05) is 6.92 Å². The molecular formula is C15H28N2O6. The first-order valence-corrected chi connectivity index (χ1v) is 7.79. The van der Waals surface area contributed by atoms with E-state index in [0.717, 1.165) is 0 Å². The van der Waals surface area contributed by atoms with E-state index in [1.807, 2.05) is 0 Å². The normalized spacial score (nSPS) is 10.3. The molecule has 0 rings (SSSR count). The lowest BCUT2D eigenvalue weighted by Crippen LogP contribution is -2.32. The van der Waals surface area contributed by atoms with Crippen LogP contribution in [0.25, 0.3) is 0 Å². The number of rotatable bonds is 15. The molecule has 0 atom stereocenters. The van der Waals surface area contributed by atoms with Crippen molar-refractivity contribution in [2.45, 2.75) is 26.2 Å². The number of Topliss-reactive ketones (excluding diaryl/α,β-unsaturated/α-hetero) is 1. The predicted molar refractivity (Wildman–Crippen MR) is 84.1 cm³/mol. The number of hydrogen-bond donors (Lipinski definition) is 2. The van der Waals surface area contributed by atoms with Crippen molar-refractivity contribution in [2.75, 3.05) is 53.2 Å². The van der Waals surface area contributed by atoms with Crippen molar-refractivity contribution in [3.63, 3.8) is 0 Å². The van der Waals surface area contributed by atoms with Gasteiger partial charge in [-0.15, -0.1) is 0 Å². The highest BCUT2D eigenvalue weighted by Crippen LogP contribution is 1.86. The highest BCUT2D eigenvalue weighted by Gasteiger charge is 2.04. The van der Waals surface area contributed by atoms with Crippen LogP contribution in [0.15, 0.2) is 0 Å². The van der Waals surface area contributed by atoms with Crippen LogP contribution in [0.3, 0.4) is 0 Å². The maximum atomic E-state index is 11.5. The fourth-order valence-corrected chi connectivity index (χ4v) is 1.45. The zero-order valence-corrected chi connectivity index (χ0v) is 14.0. The third-order valence-electron chi connectivity index (χ3n) is 2.81. The molecule has 0 aliphatic carbocycles. The standard InChI is InChI=1S/C15H28N2O6/c1-3-13(18)12-23-9-7-17-14(19)4-6-16-15(20)5-8-22-11-10-21-2/h3-12H2,1-2H3,(H,16,20)(H,17,19). The molecule has 0 radical (unpaired) electrons. The van der Waals surface area contributed by atoms with Gasteiger partial charge in [0.2, 0.25) is 11.8 Å². The molecule has 0 aromatic rings. The van der Waals surface area contributed by atoms with Gasteiger partial charge in [-0.3, -0.25) is 14.4 Å². The number of methoxy groups -OCH3 is 1. The summed E-state index contributed by atoms with van der Waals surface area (Å²) in [5.74, 6) is -0.297. The summed E-state index contributed by atoms with van der Waals surface area (Å²) in [7, 11) is 1.58. The van der Waals surface area contributed by atoms with E-state index in [2.05, 4.69) is 10.6 Å². The number of ketones is 1. The van der Waals surface area contributed by atoms with E-state index in [9.17, 15) is 14.4 Å². The fourth-order valence-electron chi connectivity index (χ4n) is 1.45. The number of ether oxygens (including phenoxy) is 3. The van der Waals surface area contributed by atoms with Crippen LogP contribution < -0.4 is 10.6 Å². The van der Waals surface area contributed by atoms with Gasteiger partial charge in [0.25, 0.3) is 0 Å². The Kier molecular flexibility index (Phi) is 14.4. The Hall–Kier alpha value is -1.51. The molecule has 23 heavy (non-hydrogen) atoms. The van der Waals surface area contributed by atoms with Gasteiger partial charge in [0.1, 0.15) is 6.61 Å². The Bertz CT molecular complexity index is 349. The molecule has 0 heterocycles. The lowest BCUT2D eigenvalue weighted by atomic mass is 10.3. The van der Waals surface area contributed by atoms with Crippen molar-refractivity contribution >= 4 is 17.6 Å². The lowest BCUT2D eigenvalue weighted by Gasteiger charge is -2.07. The molecule has 0 aromatic carbocycles. The largest absolute Gasteiger partial charge is 0.382 e. The minimum absolute atomic E-state index is 0.0326. The molecule has 0 fully saturated rings. The van der Waals surface area contributed by atoms with E-state index >= 15 is 0 Å². The maximum Gasteiger partial charge on any atom is 0.222 e. The molecule has 8 nitrogen and oxygen atoms in total. The second-order valence-electron chi connectivity index (χ2n) is 4.75. The summed E-state index contributed by atoms with van der Waals surface area (Å²) in [5.41, 5.74) is 0. The van der Waals surface area contributed by atoms with Crippen LogP contribution in [0.5, 0.6) is 0 Å². The molecule has 0 unspecified atom stereocenters. The molecule has 134 valence electrons. The van der Waals surface area contributed by atoms with Gasteiger partial charge in [-0.05, 0) is 0 Å². The highest BCUT2D eigenvalue weighted by atomic mass is 16.5. The number of carbonyl (C=O) groups excluding carboxylic acids is 3. The molecule has 0 bridgehead atoms. The van der Waals surface area contributed by atoms with Crippen LogP contribution in [-0.2, 0) is 28.6 Å². The van der Waals surface area contributed by atoms with Gasteiger partial charge in [0, 0.05) is 39.5 Å². The Morgan fingerprint density at radius 1 is 0.826 bits per heavy atom. The van der Waals surface area contributed by atoms with Crippen LogP contribution in [0.2, 0.25) is 0 Å². The van der Waals surface area contributed by atoms with Crippen molar-refractivity contribution in [3.8, 4) is 0 Å². The number of nitrogens with one attached hydrogen (secondary N) is 2. The van der Waals surface area contributed by atoms with Crippen LogP contribution in [-0.4, -0.2) is 70.8 Å². The minimum atomic E-state index is -0.174. The predicted octanol–water partition coefficient (Wildman–Crippen LogP) is -0.342.